The topological polar surface area (TPSA) is 46.2 Å². The van der Waals surface area contributed by atoms with Crippen molar-refractivity contribution < 1.29 is 5.11 Å². The molecule has 3 N–H and O–H groups in total. The predicted octanol–water partition coefficient (Wildman–Crippen LogP) is 4.01. The van der Waals surface area contributed by atoms with E-state index in [2.05, 4.69) is 29.8 Å². The van der Waals surface area contributed by atoms with Gasteiger partial charge in [0.1, 0.15) is 5.75 Å². The van der Waals surface area contributed by atoms with Crippen LogP contribution in [-0.2, 0) is 0 Å². The molecule has 0 spiro atoms. The highest BCUT2D eigenvalue weighted by molar-refractivity contribution is 9.10. The highest BCUT2D eigenvalue weighted by Crippen LogP contribution is 2.29. The molecule has 92 valence electrons. The summed E-state index contributed by atoms with van der Waals surface area (Å²) in [6, 6.07) is 5.40. The molecule has 0 unspecified atom stereocenters. The summed E-state index contributed by atoms with van der Waals surface area (Å²) in [7, 11) is 0. The van der Waals surface area contributed by atoms with Gasteiger partial charge < -0.3 is 10.8 Å². The molecule has 1 atom stereocenters. The van der Waals surface area contributed by atoms with Gasteiger partial charge in [0.25, 0.3) is 0 Å². The molecule has 0 bridgehead atoms. The van der Waals surface area contributed by atoms with Crippen LogP contribution in [0.4, 0.5) is 0 Å². The molecule has 1 rings (SSSR count). The average Bonchev–Trinajstić information content (AvgIpc) is 2.14. The van der Waals surface area contributed by atoms with Gasteiger partial charge in [0.2, 0.25) is 0 Å². The van der Waals surface area contributed by atoms with E-state index in [4.69, 9.17) is 5.73 Å². The van der Waals surface area contributed by atoms with Crippen LogP contribution in [0.5, 0.6) is 5.75 Å². The van der Waals surface area contributed by atoms with E-state index in [9.17, 15) is 5.11 Å². The summed E-state index contributed by atoms with van der Waals surface area (Å²) in [5.41, 5.74) is 6.85. The molecule has 0 aliphatic rings. The predicted molar refractivity (Wildman–Crippen MR) is 74.1 cm³/mol. The standard InChI is InChI=1S/C12H18BrNO.ClH/c1-8(2)3-6-11(14)10-5-4-9(13)7-12(10)15;/h4-5,7-8,11,15H,3,6,14H2,1-2H3;1H/t11-;/m1./s1. The van der Waals surface area contributed by atoms with Gasteiger partial charge in [-0.1, -0.05) is 35.8 Å². The quantitative estimate of drug-likeness (QED) is 0.882. The van der Waals surface area contributed by atoms with E-state index in [-0.39, 0.29) is 24.2 Å². The third kappa shape index (κ3) is 4.73. The van der Waals surface area contributed by atoms with Crippen LogP contribution in [0.3, 0.4) is 0 Å². The van der Waals surface area contributed by atoms with Crippen LogP contribution < -0.4 is 5.73 Å². The zero-order valence-electron chi connectivity index (χ0n) is 9.61. The summed E-state index contributed by atoms with van der Waals surface area (Å²) in [6.07, 6.45) is 1.99. The first-order valence-electron chi connectivity index (χ1n) is 5.24. The van der Waals surface area contributed by atoms with Gasteiger partial charge in [0.15, 0.2) is 0 Å². The monoisotopic (exact) mass is 307 g/mol. The summed E-state index contributed by atoms with van der Waals surface area (Å²) in [6.45, 7) is 4.35. The average molecular weight is 309 g/mol. The second-order valence-electron chi connectivity index (χ2n) is 4.28. The molecule has 0 aromatic heterocycles. The van der Waals surface area contributed by atoms with Gasteiger partial charge in [0, 0.05) is 16.1 Å². The van der Waals surface area contributed by atoms with Gasteiger partial charge in [-0.05, 0) is 30.9 Å². The molecule has 0 heterocycles. The zero-order chi connectivity index (χ0) is 11.4. The Morgan fingerprint density at radius 3 is 2.44 bits per heavy atom. The van der Waals surface area contributed by atoms with Gasteiger partial charge in [0.05, 0.1) is 0 Å². The molecule has 16 heavy (non-hydrogen) atoms. The highest BCUT2D eigenvalue weighted by Gasteiger charge is 2.11. The fraction of sp³-hybridized carbons (Fsp3) is 0.500. The highest BCUT2D eigenvalue weighted by atomic mass is 79.9. The summed E-state index contributed by atoms with van der Waals surface area (Å²) in [5.74, 6) is 0.925. The first kappa shape index (κ1) is 15.8. The van der Waals surface area contributed by atoms with Crippen molar-refractivity contribution in [1.29, 1.82) is 0 Å². The summed E-state index contributed by atoms with van der Waals surface area (Å²) in [5, 5.41) is 9.72. The largest absolute Gasteiger partial charge is 0.508 e. The maximum absolute atomic E-state index is 9.72. The minimum absolute atomic E-state index is 0. The van der Waals surface area contributed by atoms with E-state index in [0.717, 1.165) is 22.9 Å². The lowest BCUT2D eigenvalue weighted by Crippen LogP contribution is -2.11. The Hall–Kier alpha value is -0.250. The van der Waals surface area contributed by atoms with Crippen LogP contribution in [0.25, 0.3) is 0 Å². The van der Waals surface area contributed by atoms with Gasteiger partial charge in [-0.2, -0.15) is 0 Å². The van der Waals surface area contributed by atoms with Crippen molar-refractivity contribution in [3.8, 4) is 5.75 Å². The van der Waals surface area contributed by atoms with Crippen LogP contribution in [0, 0.1) is 5.92 Å². The normalized spacial score (nSPS) is 12.3. The number of hydrogen-bond donors (Lipinski definition) is 2. The number of halogens is 2. The van der Waals surface area contributed by atoms with Gasteiger partial charge in [-0.15, -0.1) is 12.4 Å². The molecule has 0 saturated carbocycles. The molecule has 0 amide bonds. The Labute approximate surface area is 112 Å². The Morgan fingerprint density at radius 1 is 1.31 bits per heavy atom. The fourth-order valence-corrected chi connectivity index (χ4v) is 1.85. The van der Waals surface area contributed by atoms with Gasteiger partial charge in [-0.3, -0.25) is 0 Å². The van der Waals surface area contributed by atoms with Crippen molar-refractivity contribution in [1.82, 2.24) is 0 Å². The second kappa shape index (κ2) is 7.15. The first-order valence-corrected chi connectivity index (χ1v) is 6.04. The number of phenolic OH excluding ortho intramolecular Hbond substituents is 1. The van der Waals surface area contributed by atoms with Crippen molar-refractivity contribution in [3.05, 3.63) is 28.2 Å². The van der Waals surface area contributed by atoms with Crippen molar-refractivity contribution in [2.45, 2.75) is 32.7 Å². The molecule has 0 saturated heterocycles. The summed E-state index contributed by atoms with van der Waals surface area (Å²) < 4.78 is 0.875. The minimum atomic E-state index is -0.0690. The van der Waals surface area contributed by atoms with Crippen LogP contribution in [0.1, 0.15) is 38.3 Å². The number of aromatic hydroxyl groups is 1. The van der Waals surface area contributed by atoms with E-state index in [1.165, 1.54) is 0 Å². The Kier molecular flexibility index (Phi) is 7.04. The van der Waals surface area contributed by atoms with E-state index < -0.39 is 0 Å². The molecule has 0 radical (unpaired) electrons. The van der Waals surface area contributed by atoms with E-state index >= 15 is 0 Å². The molecular weight excluding hydrogens is 289 g/mol. The SMILES string of the molecule is CC(C)CC[C@@H](N)c1ccc(Br)cc1O.Cl. The summed E-state index contributed by atoms with van der Waals surface area (Å²) in [4.78, 5) is 0. The minimum Gasteiger partial charge on any atom is -0.508 e. The Morgan fingerprint density at radius 2 is 1.94 bits per heavy atom. The smallest absolute Gasteiger partial charge is 0.121 e. The molecule has 0 fully saturated rings. The molecular formula is C12H19BrClNO. The molecule has 1 aromatic rings. The number of phenols is 1. The van der Waals surface area contributed by atoms with E-state index in [1.807, 2.05) is 12.1 Å². The zero-order valence-corrected chi connectivity index (χ0v) is 12.0. The molecule has 2 nitrogen and oxygen atoms in total. The van der Waals surface area contributed by atoms with Gasteiger partial charge >= 0.3 is 0 Å². The maximum Gasteiger partial charge on any atom is 0.121 e. The Balaban J connectivity index is 0.00000225. The first-order chi connectivity index (χ1) is 7.00. The number of hydrogen-bond acceptors (Lipinski definition) is 2. The van der Waals surface area contributed by atoms with E-state index in [0.29, 0.717) is 5.92 Å². The number of rotatable bonds is 4. The van der Waals surface area contributed by atoms with Crippen LogP contribution >= 0.6 is 28.3 Å². The van der Waals surface area contributed by atoms with Crippen molar-refractivity contribution in [2.75, 3.05) is 0 Å². The van der Waals surface area contributed by atoms with Gasteiger partial charge in [-0.25, -0.2) is 0 Å². The van der Waals surface area contributed by atoms with Crippen molar-refractivity contribution in [3.63, 3.8) is 0 Å². The number of benzene rings is 1. The molecule has 1 aromatic carbocycles. The van der Waals surface area contributed by atoms with E-state index in [1.54, 1.807) is 6.07 Å². The maximum atomic E-state index is 9.72. The lowest BCUT2D eigenvalue weighted by molar-refractivity contribution is 0.448. The lowest BCUT2D eigenvalue weighted by Gasteiger charge is -2.15. The summed E-state index contributed by atoms with van der Waals surface area (Å²) >= 11 is 3.31. The van der Waals surface area contributed by atoms with Crippen molar-refractivity contribution >= 4 is 28.3 Å². The fourth-order valence-electron chi connectivity index (χ4n) is 1.50. The second-order valence-corrected chi connectivity index (χ2v) is 5.20. The lowest BCUT2D eigenvalue weighted by atomic mass is 9.98. The third-order valence-electron chi connectivity index (χ3n) is 2.45. The molecule has 4 heteroatoms. The molecule has 0 aliphatic carbocycles. The molecule has 0 aliphatic heterocycles. The van der Waals surface area contributed by atoms with Crippen molar-refractivity contribution in [2.24, 2.45) is 11.7 Å². The third-order valence-corrected chi connectivity index (χ3v) is 2.94. The number of nitrogens with two attached hydrogens (primary N) is 1. The van der Waals surface area contributed by atoms with Crippen LogP contribution in [0.2, 0.25) is 0 Å². The Bertz CT molecular complexity index is 331. The van der Waals surface area contributed by atoms with Crippen LogP contribution in [0.15, 0.2) is 22.7 Å². The van der Waals surface area contributed by atoms with Crippen LogP contribution in [-0.4, -0.2) is 5.11 Å².